The Morgan fingerprint density at radius 3 is 2.41 bits per heavy atom. The maximum Gasteiger partial charge on any atom is 0.295 e. The summed E-state index contributed by atoms with van der Waals surface area (Å²) in [7, 11) is 0. The molecule has 4 saturated carbocycles. The highest BCUT2D eigenvalue weighted by Gasteiger charge is 2.63. The molecule has 0 radical (unpaired) electrons. The van der Waals surface area contributed by atoms with Gasteiger partial charge in [0.25, 0.3) is 5.92 Å². The van der Waals surface area contributed by atoms with Crippen molar-refractivity contribution in [3.8, 4) is 0 Å². The van der Waals surface area contributed by atoms with Crippen molar-refractivity contribution in [1.82, 2.24) is 5.32 Å². The molecule has 0 heterocycles. The number of nitrogens with one attached hydrogen (secondary N) is 1. The number of aliphatic hydroxyl groups is 1. The predicted octanol–water partition coefficient (Wildman–Crippen LogP) is 5.07. The maximum atomic E-state index is 14.8. The molecular weight excluding hydrogens is 344 g/mol. The highest BCUT2D eigenvalue weighted by Crippen LogP contribution is 2.66. The Balaban J connectivity index is 1.45. The second kappa shape index (κ2) is 5.56. The fourth-order valence-electron chi connectivity index (χ4n) is 7.72. The molecule has 0 aromatic rings. The first-order chi connectivity index (χ1) is 12.6. The van der Waals surface area contributed by atoms with Gasteiger partial charge in [-0.2, -0.15) is 8.78 Å². The molecule has 2 N–H and O–H groups in total. The Bertz CT molecular complexity index is 671. The minimum atomic E-state index is -3.04. The Kier molecular flexibility index (Phi) is 3.82. The molecule has 0 aromatic heterocycles. The number of rotatable bonds is 2. The fourth-order valence-corrected chi connectivity index (χ4v) is 7.72. The van der Waals surface area contributed by atoms with Gasteiger partial charge in [-0.05, 0) is 93.3 Å². The molecular formula is C23H35F2NO. The van der Waals surface area contributed by atoms with Crippen LogP contribution in [0.4, 0.5) is 8.78 Å². The molecule has 4 fully saturated rings. The molecule has 0 spiro atoms. The van der Waals surface area contributed by atoms with Gasteiger partial charge < -0.3 is 10.4 Å². The number of fused-ring (bicyclic) bond motifs is 5. The zero-order valence-electron chi connectivity index (χ0n) is 17.0. The van der Waals surface area contributed by atoms with Crippen molar-refractivity contribution >= 4 is 0 Å². The molecule has 0 saturated heterocycles. The van der Waals surface area contributed by atoms with E-state index in [1.807, 2.05) is 6.08 Å². The van der Waals surface area contributed by atoms with Crippen molar-refractivity contribution in [2.24, 2.45) is 28.6 Å². The van der Waals surface area contributed by atoms with Gasteiger partial charge in [0.15, 0.2) is 0 Å². The van der Waals surface area contributed by atoms with Crippen molar-refractivity contribution < 1.29 is 13.9 Å². The SMILES string of the molecule is CC1(N[C@H]2CC[C@H]3[C@@H]4CC=C5C(F)(F)[C@@H](O)CC[C@]5(C)[C@H]4CC[C@]23C)CC1. The lowest BCUT2D eigenvalue weighted by Crippen LogP contribution is -2.57. The van der Waals surface area contributed by atoms with Crippen molar-refractivity contribution in [2.45, 2.75) is 102 Å². The van der Waals surface area contributed by atoms with Crippen LogP contribution in [0.5, 0.6) is 0 Å². The average Bonchev–Trinajstić information content (AvgIpc) is 3.24. The summed E-state index contributed by atoms with van der Waals surface area (Å²) in [6.07, 6.45) is 9.34. The molecule has 152 valence electrons. The monoisotopic (exact) mass is 379 g/mol. The molecule has 0 aromatic carbocycles. The summed E-state index contributed by atoms with van der Waals surface area (Å²) in [5, 5.41) is 13.9. The molecule has 0 unspecified atom stereocenters. The molecule has 5 aliphatic carbocycles. The van der Waals surface area contributed by atoms with E-state index >= 15 is 0 Å². The molecule has 5 rings (SSSR count). The number of allylic oxidation sites excluding steroid dienone is 1. The zero-order valence-corrected chi connectivity index (χ0v) is 17.0. The van der Waals surface area contributed by atoms with E-state index in [4.69, 9.17) is 0 Å². The number of halogens is 2. The minimum Gasteiger partial charge on any atom is -0.386 e. The third kappa shape index (κ3) is 2.48. The van der Waals surface area contributed by atoms with Gasteiger partial charge in [0.2, 0.25) is 0 Å². The standard InChI is InChI=1S/C23H35F2NO/c1-20(12-13-20)26-18-7-5-15-14-4-6-17-21(2,11-9-19(27)23(17,24)25)16(14)8-10-22(15,18)3/h6,14-16,18-19,26-27H,4-5,7-13H2,1-3H3/t14-,15-,16-,18-,19-,21+,22-/m0/s1. The highest BCUT2D eigenvalue weighted by atomic mass is 19.3. The van der Waals surface area contributed by atoms with Crippen LogP contribution in [0.3, 0.4) is 0 Å². The van der Waals surface area contributed by atoms with E-state index in [0.717, 1.165) is 19.3 Å². The second-order valence-electron chi connectivity index (χ2n) is 11.2. The first-order valence-electron chi connectivity index (χ1n) is 11.1. The molecule has 4 heteroatoms. The number of hydrogen-bond donors (Lipinski definition) is 2. The highest BCUT2D eigenvalue weighted by molar-refractivity contribution is 5.32. The lowest BCUT2D eigenvalue weighted by atomic mass is 9.47. The summed E-state index contributed by atoms with van der Waals surface area (Å²) in [4.78, 5) is 0. The Morgan fingerprint density at radius 2 is 1.70 bits per heavy atom. The van der Waals surface area contributed by atoms with Crippen molar-refractivity contribution in [3.63, 3.8) is 0 Å². The molecule has 0 aliphatic heterocycles. The third-order valence-corrected chi connectivity index (χ3v) is 9.70. The van der Waals surface area contributed by atoms with Crippen molar-refractivity contribution in [3.05, 3.63) is 11.6 Å². The summed E-state index contributed by atoms with van der Waals surface area (Å²) in [5.74, 6) is -1.52. The van der Waals surface area contributed by atoms with Crippen LogP contribution in [0.25, 0.3) is 0 Å². The largest absolute Gasteiger partial charge is 0.386 e. The van der Waals surface area contributed by atoms with E-state index < -0.39 is 17.4 Å². The second-order valence-corrected chi connectivity index (χ2v) is 11.2. The quantitative estimate of drug-likeness (QED) is 0.657. The lowest BCUT2D eigenvalue weighted by Gasteiger charge is -2.59. The number of alkyl halides is 2. The molecule has 0 amide bonds. The van der Waals surface area contributed by atoms with Crippen LogP contribution in [0, 0.1) is 28.6 Å². The van der Waals surface area contributed by atoms with Gasteiger partial charge in [0.05, 0.1) is 0 Å². The van der Waals surface area contributed by atoms with Gasteiger partial charge in [-0.1, -0.05) is 19.9 Å². The Morgan fingerprint density at radius 1 is 0.963 bits per heavy atom. The van der Waals surface area contributed by atoms with Gasteiger partial charge in [-0.25, -0.2) is 0 Å². The van der Waals surface area contributed by atoms with Crippen LogP contribution < -0.4 is 5.32 Å². The Hall–Kier alpha value is -0.480. The lowest BCUT2D eigenvalue weighted by molar-refractivity contribution is -0.141. The summed E-state index contributed by atoms with van der Waals surface area (Å²) < 4.78 is 29.6. The number of aliphatic hydroxyl groups excluding tert-OH is 1. The van der Waals surface area contributed by atoms with Gasteiger partial charge in [0, 0.05) is 17.2 Å². The summed E-state index contributed by atoms with van der Waals surface area (Å²) in [5.41, 5.74) is 0.496. The van der Waals surface area contributed by atoms with E-state index in [9.17, 15) is 13.9 Å². The maximum absolute atomic E-state index is 14.8. The van der Waals surface area contributed by atoms with Crippen LogP contribution in [-0.2, 0) is 0 Å². The van der Waals surface area contributed by atoms with Crippen LogP contribution in [0.1, 0.15) is 78.6 Å². The van der Waals surface area contributed by atoms with E-state index in [0.29, 0.717) is 41.2 Å². The predicted molar refractivity (Wildman–Crippen MR) is 103 cm³/mol. The van der Waals surface area contributed by atoms with E-state index in [1.54, 1.807) is 0 Å². The van der Waals surface area contributed by atoms with Gasteiger partial charge in [-0.3, -0.25) is 0 Å². The normalized spacial score (nSPS) is 52.4. The third-order valence-electron chi connectivity index (χ3n) is 9.70. The van der Waals surface area contributed by atoms with E-state index in [-0.39, 0.29) is 12.0 Å². The number of hydrogen-bond acceptors (Lipinski definition) is 2. The van der Waals surface area contributed by atoms with Crippen molar-refractivity contribution in [2.75, 3.05) is 0 Å². The van der Waals surface area contributed by atoms with Gasteiger partial charge >= 0.3 is 0 Å². The van der Waals surface area contributed by atoms with E-state index in [1.165, 1.54) is 25.7 Å². The van der Waals surface area contributed by atoms with E-state index in [2.05, 4.69) is 26.1 Å². The van der Waals surface area contributed by atoms with Crippen molar-refractivity contribution in [1.29, 1.82) is 0 Å². The summed E-state index contributed by atoms with van der Waals surface area (Å²) in [6.45, 7) is 6.90. The summed E-state index contributed by atoms with van der Waals surface area (Å²) >= 11 is 0. The van der Waals surface area contributed by atoms with Gasteiger partial charge in [-0.15, -0.1) is 0 Å². The Labute approximate surface area is 162 Å². The van der Waals surface area contributed by atoms with Gasteiger partial charge in [0.1, 0.15) is 6.10 Å². The molecule has 5 aliphatic rings. The van der Waals surface area contributed by atoms with Crippen LogP contribution >= 0.6 is 0 Å². The topological polar surface area (TPSA) is 32.3 Å². The first kappa shape index (κ1) is 18.5. The molecule has 7 atom stereocenters. The van der Waals surface area contributed by atoms with Crippen LogP contribution in [0.15, 0.2) is 11.6 Å². The first-order valence-corrected chi connectivity index (χ1v) is 11.1. The fraction of sp³-hybridized carbons (Fsp3) is 0.913. The smallest absolute Gasteiger partial charge is 0.295 e. The molecule has 0 bridgehead atoms. The van der Waals surface area contributed by atoms with Crippen LogP contribution in [0.2, 0.25) is 0 Å². The minimum absolute atomic E-state index is 0.231. The molecule has 2 nitrogen and oxygen atoms in total. The molecule has 27 heavy (non-hydrogen) atoms. The van der Waals surface area contributed by atoms with Crippen LogP contribution in [-0.4, -0.2) is 28.7 Å². The zero-order chi connectivity index (χ0) is 19.2. The summed E-state index contributed by atoms with van der Waals surface area (Å²) in [6, 6.07) is 0.587. The average molecular weight is 380 g/mol.